The number of nitrogens with zero attached hydrogens (tertiary/aromatic N) is 3. The number of rotatable bonds is 4. The highest BCUT2D eigenvalue weighted by molar-refractivity contribution is 6.28. The maximum absolute atomic E-state index is 11.1. The Hall–Kier alpha value is -2.21. The summed E-state index contributed by atoms with van der Waals surface area (Å²) in [5, 5.41) is 14.1. The van der Waals surface area contributed by atoms with Crippen LogP contribution in [0.1, 0.15) is 18.2 Å². The Bertz CT molecular complexity index is 661. The monoisotopic (exact) mass is 292 g/mol. The van der Waals surface area contributed by atoms with Crippen molar-refractivity contribution < 1.29 is 4.92 Å². The lowest BCUT2D eigenvalue weighted by atomic mass is 10.1. The third-order valence-corrected chi connectivity index (χ3v) is 3.03. The Morgan fingerprint density at radius 2 is 2.05 bits per heavy atom. The van der Waals surface area contributed by atoms with Crippen LogP contribution < -0.4 is 5.32 Å². The molecule has 1 heterocycles. The lowest BCUT2D eigenvalue weighted by Crippen LogP contribution is -2.05. The highest BCUT2D eigenvalue weighted by atomic mass is 35.5. The zero-order valence-electron chi connectivity index (χ0n) is 11.1. The van der Waals surface area contributed by atoms with Crippen molar-refractivity contribution in [2.75, 3.05) is 5.32 Å². The molecule has 0 radical (unpaired) electrons. The number of aryl methyl sites for hydroxylation is 2. The quantitative estimate of drug-likeness (QED) is 0.528. The second-order valence-corrected chi connectivity index (χ2v) is 4.51. The van der Waals surface area contributed by atoms with Crippen molar-refractivity contribution in [3.63, 3.8) is 0 Å². The van der Waals surface area contributed by atoms with Crippen LogP contribution in [0.4, 0.5) is 17.2 Å². The smallest absolute Gasteiger partial charge is 0.332 e. The van der Waals surface area contributed by atoms with E-state index < -0.39 is 4.92 Å². The van der Waals surface area contributed by atoms with Crippen molar-refractivity contribution in [2.24, 2.45) is 0 Å². The summed E-state index contributed by atoms with van der Waals surface area (Å²) in [7, 11) is 0. The molecule has 1 aromatic carbocycles. The predicted octanol–water partition coefficient (Wildman–Crippen LogP) is 3.65. The van der Waals surface area contributed by atoms with Gasteiger partial charge in [0.05, 0.1) is 4.92 Å². The number of benzene rings is 1. The molecule has 0 unspecified atom stereocenters. The molecule has 6 nitrogen and oxygen atoms in total. The minimum Gasteiger partial charge on any atom is -0.334 e. The first kappa shape index (κ1) is 14.2. The second kappa shape index (κ2) is 5.83. The molecule has 0 aliphatic carbocycles. The number of aromatic nitrogens is 2. The fraction of sp³-hybridized carbons (Fsp3) is 0.231. The molecule has 0 saturated carbocycles. The van der Waals surface area contributed by atoms with Crippen molar-refractivity contribution in [2.45, 2.75) is 20.3 Å². The molecule has 0 spiro atoms. The van der Waals surface area contributed by atoms with Crippen LogP contribution >= 0.6 is 11.6 Å². The summed E-state index contributed by atoms with van der Waals surface area (Å²) in [6.07, 6.45) is 0.800. The third kappa shape index (κ3) is 2.85. The van der Waals surface area contributed by atoms with E-state index in [-0.39, 0.29) is 22.5 Å². The lowest BCUT2D eigenvalue weighted by molar-refractivity contribution is -0.385. The van der Waals surface area contributed by atoms with E-state index in [0.29, 0.717) is 0 Å². The third-order valence-electron chi connectivity index (χ3n) is 2.86. The van der Waals surface area contributed by atoms with Crippen LogP contribution in [-0.4, -0.2) is 14.9 Å². The number of halogens is 1. The average molecular weight is 293 g/mol. The number of para-hydroxylation sites is 1. The number of nitrogens with one attached hydrogen (secondary N) is 1. The van der Waals surface area contributed by atoms with Gasteiger partial charge in [-0.2, -0.15) is 4.98 Å². The molecule has 7 heteroatoms. The van der Waals surface area contributed by atoms with Crippen molar-refractivity contribution in [3.8, 4) is 0 Å². The van der Waals surface area contributed by atoms with Crippen molar-refractivity contribution >= 4 is 28.8 Å². The zero-order chi connectivity index (χ0) is 14.7. The number of anilines is 2. The highest BCUT2D eigenvalue weighted by Crippen LogP contribution is 2.30. The van der Waals surface area contributed by atoms with Gasteiger partial charge in [0, 0.05) is 5.69 Å². The largest absolute Gasteiger partial charge is 0.334 e. The van der Waals surface area contributed by atoms with Gasteiger partial charge in [-0.15, -0.1) is 0 Å². The van der Waals surface area contributed by atoms with E-state index in [1.807, 2.05) is 31.2 Å². The van der Waals surface area contributed by atoms with E-state index in [1.165, 1.54) is 6.92 Å². The van der Waals surface area contributed by atoms with Gasteiger partial charge in [0.2, 0.25) is 11.1 Å². The predicted molar refractivity (Wildman–Crippen MR) is 77.5 cm³/mol. The Morgan fingerprint density at radius 3 is 2.70 bits per heavy atom. The molecule has 0 aliphatic heterocycles. The Labute approximate surface area is 121 Å². The second-order valence-electron chi connectivity index (χ2n) is 4.17. The van der Waals surface area contributed by atoms with Gasteiger partial charge in [0.25, 0.3) is 0 Å². The van der Waals surface area contributed by atoms with E-state index in [9.17, 15) is 10.1 Å². The SMILES string of the molecule is CCc1ccccc1Nc1nc(Cl)nc(C)c1[N+](=O)[O-]. The van der Waals surface area contributed by atoms with Gasteiger partial charge in [-0.25, -0.2) is 4.98 Å². The molecule has 104 valence electrons. The van der Waals surface area contributed by atoms with Gasteiger partial charge in [-0.3, -0.25) is 10.1 Å². The van der Waals surface area contributed by atoms with Crippen molar-refractivity contribution in [1.29, 1.82) is 0 Å². The standard InChI is InChI=1S/C13H13ClN4O2/c1-3-9-6-4-5-7-10(9)16-12-11(18(19)20)8(2)15-13(14)17-12/h4-7H,3H2,1-2H3,(H,15,16,17). The summed E-state index contributed by atoms with van der Waals surface area (Å²) in [5.41, 5.74) is 1.87. The van der Waals surface area contributed by atoms with Gasteiger partial charge in [-0.1, -0.05) is 25.1 Å². The van der Waals surface area contributed by atoms with E-state index >= 15 is 0 Å². The lowest BCUT2D eigenvalue weighted by Gasteiger charge is -2.11. The van der Waals surface area contributed by atoms with Crippen molar-refractivity contribution in [3.05, 3.63) is 50.9 Å². The summed E-state index contributed by atoms with van der Waals surface area (Å²) >= 11 is 5.78. The molecule has 20 heavy (non-hydrogen) atoms. The number of hydrogen-bond donors (Lipinski definition) is 1. The van der Waals surface area contributed by atoms with Gasteiger partial charge in [-0.05, 0) is 36.6 Å². The van der Waals surface area contributed by atoms with Crippen LogP contribution in [0.2, 0.25) is 5.28 Å². The molecule has 1 aromatic heterocycles. The van der Waals surface area contributed by atoms with Gasteiger partial charge >= 0.3 is 5.69 Å². The van der Waals surface area contributed by atoms with Crippen molar-refractivity contribution in [1.82, 2.24) is 9.97 Å². The molecule has 0 atom stereocenters. The first-order valence-electron chi connectivity index (χ1n) is 6.06. The highest BCUT2D eigenvalue weighted by Gasteiger charge is 2.22. The number of nitro groups is 1. The molecule has 0 saturated heterocycles. The normalized spacial score (nSPS) is 10.3. The van der Waals surface area contributed by atoms with E-state index in [4.69, 9.17) is 11.6 Å². The summed E-state index contributed by atoms with van der Waals surface area (Å²) in [5.74, 6) is 0.105. The molecule has 2 rings (SSSR count). The fourth-order valence-corrected chi connectivity index (χ4v) is 2.13. The average Bonchev–Trinajstić information content (AvgIpc) is 2.38. The topological polar surface area (TPSA) is 81.0 Å². The minimum atomic E-state index is -0.511. The molecular weight excluding hydrogens is 280 g/mol. The molecule has 0 amide bonds. The number of hydrogen-bond acceptors (Lipinski definition) is 5. The van der Waals surface area contributed by atoms with E-state index in [0.717, 1.165) is 17.7 Å². The fourth-order valence-electron chi connectivity index (χ4n) is 1.92. The molecule has 0 aliphatic rings. The Morgan fingerprint density at radius 1 is 1.35 bits per heavy atom. The molecule has 0 bridgehead atoms. The maximum atomic E-state index is 11.1. The zero-order valence-corrected chi connectivity index (χ0v) is 11.8. The van der Waals surface area contributed by atoms with Crippen LogP contribution in [0.25, 0.3) is 0 Å². The molecule has 0 fully saturated rings. The first-order chi connectivity index (χ1) is 9.52. The van der Waals surface area contributed by atoms with Crippen LogP contribution in [0.5, 0.6) is 0 Å². The van der Waals surface area contributed by atoms with Crippen LogP contribution in [-0.2, 0) is 6.42 Å². The van der Waals surface area contributed by atoms with Crippen LogP contribution in [0.3, 0.4) is 0 Å². The summed E-state index contributed by atoms with van der Waals surface area (Å²) < 4.78 is 0. The Balaban J connectivity index is 2.50. The summed E-state index contributed by atoms with van der Waals surface area (Å²) in [6, 6.07) is 7.55. The molecular formula is C13H13ClN4O2. The van der Waals surface area contributed by atoms with Gasteiger partial charge in [0.15, 0.2) is 0 Å². The van der Waals surface area contributed by atoms with E-state index in [1.54, 1.807) is 0 Å². The molecule has 1 N–H and O–H groups in total. The summed E-state index contributed by atoms with van der Waals surface area (Å²) in [4.78, 5) is 18.4. The maximum Gasteiger partial charge on any atom is 0.332 e. The Kier molecular flexibility index (Phi) is 4.14. The first-order valence-corrected chi connectivity index (χ1v) is 6.44. The van der Waals surface area contributed by atoms with Gasteiger partial charge in [0.1, 0.15) is 5.69 Å². The summed E-state index contributed by atoms with van der Waals surface area (Å²) in [6.45, 7) is 3.54. The van der Waals surface area contributed by atoms with Gasteiger partial charge < -0.3 is 5.32 Å². The van der Waals surface area contributed by atoms with Crippen LogP contribution in [0, 0.1) is 17.0 Å². The van der Waals surface area contributed by atoms with E-state index in [2.05, 4.69) is 15.3 Å². The minimum absolute atomic E-state index is 0.0235. The molecule has 2 aromatic rings. The van der Waals surface area contributed by atoms with Crippen LogP contribution in [0.15, 0.2) is 24.3 Å².